The number of nitrogens with one attached hydrogen (secondary N) is 2. The molecule has 7 heteroatoms. The van der Waals surface area contributed by atoms with Crippen molar-refractivity contribution in [1.29, 1.82) is 0 Å². The summed E-state index contributed by atoms with van der Waals surface area (Å²) in [7, 11) is -3.76. The van der Waals surface area contributed by atoms with Crippen LogP contribution in [0.1, 0.15) is 36.9 Å². The normalized spacial score (nSPS) is 18.1. The molecule has 2 aromatic rings. The number of sulfonamides is 1. The predicted octanol–water partition coefficient (Wildman–Crippen LogP) is 2.92. The van der Waals surface area contributed by atoms with Gasteiger partial charge in [0.1, 0.15) is 5.82 Å². The first-order chi connectivity index (χ1) is 11.3. The summed E-state index contributed by atoms with van der Waals surface area (Å²) in [5.74, 6) is -0.907. The maximum atomic E-state index is 13.0. The second-order valence-corrected chi connectivity index (χ2v) is 7.57. The standard InChI is InChI=1S/C17H17FN2O3S/c1-10-15-9-14(7-8-16(15)19-17(10)21)24(22,23)20-11(2)12-3-5-13(18)6-4-12/h3-11,20H,1-2H3,(H,19,21)/t10-,11+/m0/s1. The third-order valence-electron chi connectivity index (χ3n) is 4.15. The molecular formula is C17H17FN2O3S. The van der Waals surface area contributed by atoms with Gasteiger partial charge in [-0.1, -0.05) is 12.1 Å². The van der Waals surface area contributed by atoms with Crippen LogP contribution in [-0.2, 0) is 14.8 Å². The summed E-state index contributed by atoms with van der Waals surface area (Å²) in [5, 5.41) is 2.71. The van der Waals surface area contributed by atoms with E-state index < -0.39 is 16.1 Å². The monoisotopic (exact) mass is 348 g/mol. The van der Waals surface area contributed by atoms with Gasteiger partial charge in [-0.25, -0.2) is 17.5 Å². The Balaban J connectivity index is 1.86. The number of anilines is 1. The van der Waals surface area contributed by atoms with Crippen LogP contribution in [0.2, 0.25) is 0 Å². The number of benzene rings is 2. The summed E-state index contributed by atoms with van der Waals surface area (Å²) < 4.78 is 40.7. The zero-order chi connectivity index (χ0) is 17.5. The van der Waals surface area contributed by atoms with Crippen molar-refractivity contribution < 1.29 is 17.6 Å². The third kappa shape index (κ3) is 3.05. The van der Waals surface area contributed by atoms with E-state index in [4.69, 9.17) is 0 Å². The van der Waals surface area contributed by atoms with Gasteiger partial charge < -0.3 is 5.32 Å². The molecule has 0 spiro atoms. The minimum absolute atomic E-state index is 0.0959. The smallest absolute Gasteiger partial charge is 0.241 e. The van der Waals surface area contributed by atoms with Crippen molar-refractivity contribution in [2.75, 3.05) is 5.32 Å². The Morgan fingerprint density at radius 1 is 1.17 bits per heavy atom. The predicted molar refractivity (Wildman–Crippen MR) is 88.6 cm³/mol. The van der Waals surface area contributed by atoms with Crippen LogP contribution >= 0.6 is 0 Å². The molecule has 2 atom stereocenters. The highest BCUT2D eigenvalue weighted by Crippen LogP contribution is 2.33. The van der Waals surface area contributed by atoms with Gasteiger partial charge in [0.25, 0.3) is 0 Å². The molecule has 5 nitrogen and oxygen atoms in total. The van der Waals surface area contributed by atoms with Gasteiger partial charge >= 0.3 is 0 Å². The number of hydrogen-bond acceptors (Lipinski definition) is 3. The van der Waals surface area contributed by atoms with E-state index in [0.717, 1.165) is 0 Å². The number of fused-ring (bicyclic) bond motifs is 1. The lowest BCUT2D eigenvalue weighted by Gasteiger charge is -2.15. The van der Waals surface area contributed by atoms with Gasteiger partial charge in [0, 0.05) is 11.7 Å². The Morgan fingerprint density at radius 2 is 1.83 bits per heavy atom. The molecule has 0 radical (unpaired) electrons. The average molecular weight is 348 g/mol. The Kier molecular flexibility index (Phi) is 4.15. The van der Waals surface area contributed by atoms with Gasteiger partial charge in [-0.05, 0) is 55.3 Å². The Morgan fingerprint density at radius 3 is 2.50 bits per heavy atom. The van der Waals surface area contributed by atoms with Crippen LogP contribution in [0.25, 0.3) is 0 Å². The van der Waals surface area contributed by atoms with E-state index in [0.29, 0.717) is 16.8 Å². The second-order valence-electron chi connectivity index (χ2n) is 5.85. The molecule has 2 N–H and O–H groups in total. The van der Waals surface area contributed by atoms with Crippen molar-refractivity contribution in [1.82, 2.24) is 4.72 Å². The Labute approximate surface area is 139 Å². The van der Waals surface area contributed by atoms with E-state index in [1.54, 1.807) is 19.9 Å². The van der Waals surface area contributed by atoms with E-state index in [1.165, 1.54) is 36.4 Å². The van der Waals surface area contributed by atoms with Crippen LogP contribution in [0.5, 0.6) is 0 Å². The minimum atomic E-state index is -3.76. The van der Waals surface area contributed by atoms with Crippen LogP contribution in [-0.4, -0.2) is 14.3 Å². The molecule has 2 aromatic carbocycles. The van der Waals surface area contributed by atoms with E-state index in [-0.39, 0.29) is 22.5 Å². The molecule has 1 amide bonds. The highest BCUT2D eigenvalue weighted by atomic mass is 32.2. The molecular weight excluding hydrogens is 331 g/mol. The molecule has 3 rings (SSSR count). The summed E-state index contributed by atoms with van der Waals surface area (Å²) in [6.07, 6.45) is 0. The van der Waals surface area contributed by atoms with Crippen molar-refractivity contribution >= 4 is 21.6 Å². The lowest BCUT2D eigenvalue weighted by atomic mass is 10.0. The topological polar surface area (TPSA) is 75.3 Å². The van der Waals surface area contributed by atoms with Crippen molar-refractivity contribution in [2.24, 2.45) is 0 Å². The number of hydrogen-bond donors (Lipinski definition) is 2. The van der Waals surface area contributed by atoms with Crippen molar-refractivity contribution in [2.45, 2.75) is 30.7 Å². The summed E-state index contributed by atoms with van der Waals surface area (Å²) in [6, 6.07) is 9.69. The molecule has 24 heavy (non-hydrogen) atoms. The maximum Gasteiger partial charge on any atom is 0.241 e. The van der Waals surface area contributed by atoms with Gasteiger partial charge in [0.05, 0.1) is 10.8 Å². The van der Waals surface area contributed by atoms with Crippen molar-refractivity contribution in [3.63, 3.8) is 0 Å². The quantitative estimate of drug-likeness (QED) is 0.892. The zero-order valence-electron chi connectivity index (χ0n) is 13.2. The van der Waals surface area contributed by atoms with Crippen LogP contribution in [0.4, 0.5) is 10.1 Å². The molecule has 0 saturated heterocycles. The highest BCUT2D eigenvalue weighted by molar-refractivity contribution is 7.89. The van der Waals surface area contributed by atoms with E-state index >= 15 is 0 Å². The molecule has 0 aliphatic carbocycles. The number of amides is 1. The number of rotatable bonds is 4. The summed E-state index contributed by atoms with van der Waals surface area (Å²) in [5.41, 5.74) is 1.96. The second kappa shape index (κ2) is 5.99. The van der Waals surface area contributed by atoms with Gasteiger partial charge in [-0.2, -0.15) is 0 Å². The fraction of sp³-hybridized carbons (Fsp3) is 0.235. The molecule has 0 saturated carbocycles. The van der Waals surface area contributed by atoms with Gasteiger partial charge in [-0.3, -0.25) is 4.79 Å². The molecule has 0 bridgehead atoms. The number of carbonyl (C=O) groups is 1. The molecule has 1 aliphatic rings. The van der Waals surface area contributed by atoms with Crippen molar-refractivity contribution in [3.05, 3.63) is 59.4 Å². The van der Waals surface area contributed by atoms with Crippen LogP contribution < -0.4 is 10.0 Å². The molecule has 0 unspecified atom stereocenters. The maximum absolute atomic E-state index is 13.0. The SMILES string of the molecule is C[C@@H]1C(=O)Nc2ccc(S(=O)(=O)N[C@H](C)c3ccc(F)cc3)cc21. The molecule has 0 fully saturated rings. The van der Waals surface area contributed by atoms with Crippen LogP contribution in [0, 0.1) is 5.82 Å². The molecule has 126 valence electrons. The summed E-state index contributed by atoms with van der Waals surface area (Å²) in [4.78, 5) is 11.8. The lowest BCUT2D eigenvalue weighted by molar-refractivity contribution is -0.116. The first-order valence-electron chi connectivity index (χ1n) is 7.50. The zero-order valence-corrected chi connectivity index (χ0v) is 14.0. The van der Waals surface area contributed by atoms with Gasteiger partial charge in [-0.15, -0.1) is 0 Å². The largest absolute Gasteiger partial charge is 0.325 e. The molecule has 1 aliphatic heterocycles. The van der Waals surface area contributed by atoms with E-state index in [1.807, 2.05) is 0 Å². The van der Waals surface area contributed by atoms with Gasteiger partial charge in [0.2, 0.25) is 15.9 Å². The summed E-state index contributed by atoms with van der Waals surface area (Å²) in [6.45, 7) is 3.41. The lowest BCUT2D eigenvalue weighted by Crippen LogP contribution is -2.27. The fourth-order valence-electron chi connectivity index (χ4n) is 2.68. The first kappa shape index (κ1) is 16.6. The molecule has 1 heterocycles. The Bertz CT molecular complexity index is 895. The van der Waals surface area contributed by atoms with Crippen LogP contribution in [0.3, 0.4) is 0 Å². The van der Waals surface area contributed by atoms with E-state index in [2.05, 4.69) is 10.0 Å². The number of halogens is 1. The van der Waals surface area contributed by atoms with Crippen molar-refractivity contribution in [3.8, 4) is 0 Å². The third-order valence-corrected chi connectivity index (χ3v) is 5.69. The first-order valence-corrected chi connectivity index (χ1v) is 8.99. The van der Waals surface area contributed by atoms with E-state index in [9.17, 15) is 17.6 Å². The van der Waals surface area contributed by atoms with Crippen LogP contribution in [0.15, 0.2) is 47.4 Å². The Hall–Kier alpha value is -2.25. The number of carbonyl (C=O) groups excluding carboxylic acids is 1. The molecule has 0 aromatic heterocycles. The average Bonchev–Trinajstić information content (AvgIpc) is 2.82. The highest BCUT2D eigenvalue weighted by Gasteiger charge is 2.28. The minimum Gasteiger partial charge on any atom is -0.325 e. The summed E-state index contributed by atoms with van der Waals surface area (Å²) >= 11 is 0. The van der Waals surface area contributed by atoms with Gasteiger partial charge in [0.15, 0.2) is 0 Å². The fourth-order valence-corrected chi connectivity index (χ4v) is 3.95.